The molecule has 0 saturated carbocycles. The summed E-state index contributed by atoms with van der Waals surface area (Å²) in [5.41, 5.74) is 2.00. The van der Waals surface area contributed by atoms with Gasteiger partial charge < -0.3 is 19.9 Å². The number of nitrogens with zero attached hydrogens (tertiary/aromatic N) is 3. The Morgan fingerprint density at radius 3 is 2.49 bits per heavy atom. The second kappa shape index (κ2) is 12.4. The lowest BCUT2D eigenvalue weighted by molar-refractivity contribution is -0.123. The normalized spacial score (nSPS) is 11.0. The molecule has 8 nitrogen and oxygen atoms in total. The van der Waals surface area contributed by atoms with Crippen LogP contribution in [0.15, 0.2) is 71.9 Å². The van der Waals surface area contributed by atoms with Crippen LogP contribution in [0.4, 0.5) is 5.69 Å². The van der Waals surface area contributed by atoms with Crippen LogP contribution in [0, 0.1) is 0 Å². The highest BCUT2D eigenvalue weighted by molar-refractivity contribution is 7.99. The number of carbonyl (C=O) groups excluding carboxylic acids is 2. The molecule has 0 saturated heterocycles. The van der Waals surface area contributed by atoms with Crippen molar-refractivity contribution in [2.24, 2.45) is 0 Å². The van der Waals surface area contributed by atoms with Crippen molar-refractivity contribution < 1.29 is 14.3 Å². The van der Waals surface area contributed by atoms with Gasteiger partial charge in [-0.1, -0.05) is 74.1 Å². The molecule has 4 aromatic rings. The fourth-order valence-electron chi connectivity index (χ4n) is 3.85. The van der Waals surface area contributed by atoms with Crippen LogP contribution in [0.1, 0.15) is 38.1 Å². The van der Waals surface area contributed by atoms with Crippen molar-refractivity contribution >= 4 is 40.0 Å². The van der Waals surface area contributed by atoms with Gasteiger partial charge in [-0.2, -0.15) is 0 Å². The first kappa shape index (κ1) is 26.2. The van der Waals surface area contributed by atoms with Crippen LogP contribution in [0.25, 0.3) is 10.8 Å². The van der Waals surface area contributed by atoms with E-state index in [1.54, 1.807) is 0 Å². The predicted octanol–water partition coefficient (Wildman–Crippen LogP) is 5.00. The number of anilines is 1. The average Bonchev–Trinajstić information content (AvgIpc) is 3.31. The molecule has 192 valence electrons. The summed E-state index contributed by atoms with van der Waals surface area (Å²) in [6.45, 7) is 6.98. The Balaban J connectivity index is 1.27. The lowest BCUT2D eigenvalue weighted by Crippen LogP contribution is -2.29. The third kappa shape index (κ3) is 6.89. The first-order valence-corrected chi connectivity index (χ1v) is 13.2. The Labute approximate surface area is 220 Å². The average molecular weight is 518 g/mol. The molecule has 0 unspecified atom stereocenters. The summed E-state index contributed by atoms with van der Waals surface area (Å²) >= 11 is 1.31. The molecule has 1 heterocycles. The van der Waals surface area contributed by atoms with Crippen molar-refractivity contribution in [1.82, 2.24) is 20.1 Å². The molecule has 0 bridgehead atoms. The largest absolute Gasteiger partial charge is 0.484 e. The number of aromatic nitrogens is 3. The molecular weight excluding hydrogens is 486 g/mol. The summed E-state index contributed by atoms with van der Waals surface area (Å²) in [5.74, 6) is 1.53. The van der Waals surface area contributed by atoms with E-state index in [9.17, 15) is 9.59 Å². The molecule has 2 amide bonds. The van der Waals surface area contributed by atoms with Crippen molar-refractivity contribution in [1.29, 1.82) is 0 Å². The molecule has 3 aromatic carbocycles. The molecule has 0 radical (unpaired) electrons. The SMILES string of the molecule is CCn1c(CNC(=O)COc2ccc(C(C)C)cc2)nnc1SCC(=O)Nc1cccc2ccccc12. The Kier molecular flexibility index (Phi) is 8.79. The molecule has 0 aliphatic heterocycles. The number of carbonyl (C=O) groups is 2. The maximum Gasteiger partial charge on any atom is 0.258 e. The number of fused-ring (bicyclic) bond motifs is 1. The molecule has 1 aromatic heterocycles. The Bertz CT molecular complexity index is 1360. The van der Waals surface area contributed by atoms with E-state index in [0.29, 0.717) is 29.2 Å². The first-order chi connectivity index (χ1) is 17.9. The second-order valence-electron chi connectivity index (χ2n) is 8.80. The van der Waals surface area contributed by atoms with E-state index in [1.165, 1.54) is 17.3 Å². The van der Waals surface area contributed by atoms with Gasteiger partial charge in [-0.15, -0.1) is 10.2 Å². The van der Waals surface area contributed by atoms with Crippen LogP contribution in [-0.4, -0.2) is 38.9 Å². The summed E-state index contributed by atoms with van der Waals surface area (Å²) in [5, 5.41) is 16.9. The fraction of sp³-hybridized carbons (Fsp3) is 0.286. The quantitative estimate of drug-likeness (QED) is 0.272. The lowest BCUT2D eigenvalue weighted by atomic mass is 10.0. The zero-order valence-electron chi connectivity index (χ0n) is 21.2. The van der Waals surface area contributed by atoms with Crippen LogP contribution in [0.2, 0.25) is 0 Å². The van der Waals surface area contributed by atoms with Crippen molar-refractivity contribution in [3.8, 4) is 5.75 Å². The maximum atomic E-state index is 12.6. The monoisotopic (exact) mass is 517 g/mol. The molecule has 0 atom stereocenters. The first-order valence-electron chi connectivity index (χ1n) is 12.3. The van der Waals surface area contributed by atoms with Crippen LogP contribution >= 0.6 is 11.8 Å². The minimum Gasteiger partial charge on any atom is -0.484 e. The summed E-state index contributed by atoms with van der Waals surface area (Å²) in [6.07, 6.45) is 0. The van der Waals surface area contributed by atoms with E-state index in [2.05, 4.69) is 34.7 Å². The van der Waals surface area contributed by atoms with E-state index in [4.69, 9.17) is 4.74 Å². The van der Waals surface area contributed by atoms with Gasteiger partial charge in [0.1, 0.15) is 5.75 Å². The molecule has 4 rings (SSSR count). The number of hydrogen-bond acceptors (Lipinski definition) is 6. The van der Waals surface area contributed by atoms with Crippen LogP contribution in [0.3, 0.4) is 0 Å². The van der Waals surface area contributed by atoms with Crippen LogP contribution in [0.5, 0.6) is 5.75 Å². The topological polar surface area (TPSA) is 98.1 Å². The number of thioether (sulfide) groups is 1. The molecular formula is C28H31N5O3S. The van der Waals surface area contributed by atoms with Crippen LogP contribution < -0.4 is 15.4 Å². The molecule has 0 fully saturated rings. The van der Waals surface area contributed by atoms with Gasteiger partial charge in [-0.3, -0.25) is 9.59 Å². The van der Waals surface area contributed by atoms with E-state index < -0.39 is 0 Å². The third-order valence-electron chi connectivity index (χ3n) is 5.87. The molecule has 0 spiro atoms. The zero-order chi connectivity index (χ0) is 26.2. The maximum absolute atomic E-state index is 12.6. The van der Waals surface area contributed by atoms with Gasteiger partial charge in [-0.25, -0.2) is 0 Å². The van der Waals surface area contributed by atoms with E-state index in [0.717, 1.165) is 16.5 Å². The summed E-state index contributed by atoms with van der Waals surface area (Å²) in [7, 11) is 0. The summed E-state index contributed by atoms with van der Waals surface area (Å²) in [6, 6.07) is 21.5. The van der Waals surface area contributed by atoms with Crippen molar-refractivity contribution in [2.75, 3.05) is 17.7 Å². The Morgan fingerprint density at radius 1 is 0.973 bits per heavy atom. The summed E-state index contributed by atoms with van der Waals surface area (Å²) < 4.78 is 7.48. The van der Waals surface area contributed by atoms with Gasteiger partial charge in [0.15, 0.2) is 17.6 Å². The summed E-state index contributed by atoms with van der Waals surface area (Å²) in [4.78, 5) is 24.9. The molecule has 0 aliphatic rings. The Hall–Kier alpha value is -3.85. The van der Waals surface area contributed by atoms with Gasteiger partial charge >= 0.3 is 0 Å². The third-order valence-corrected chi connectivity index (χ3v) is 6.83. The minimum atomic E-state index is -0.248. The fourth-order valence-corrected chi connectivity index (χ4v) is 4.67. The molecule has 2 N–H and O–H groups in total. The smallest absolute Gasteiger partial charge is 0.258 e. The molecule has 37 heavy (non-hydrogen) atoms. The minimum absolute atomic E-state index is 0.0861. The molecule has 9 heteroatoms. The highest BCUT2D eigenvalue weighted by Gasteiger charge is 2.15. The van der Waals surface area contributed by atoms with E-state index >= 15 is 0 Å². The van der Waals surface area contributed by atoms with Crippen molar-refractivity contribution in [3.63, 3.8) is 0 Å². The Morgan fingerprint density at radius 2 is 1.73 bits per heavy atom. The lowest BCUT2D eigenvalue weighted by Gasteiger charge is -2.11. The number of hydrogen-bond donors (Lipinski definition) is 2. The second-order valence-corrected chi connectivity index (χ2v) is 9.74. The predicted molar refractivity (Wildman–Crippen MR) is 147 cm³/mol. The van der Waals surface area contributed by atoms with Crippen molar-refractivity contribution in [2.45, 2.75) is 44.9 Å². The number of rotatable bonds is 11. The molecule has 0 aliphatic carbocycles. The van der Waals surface area contributed by atoms with Gasteiger partial charge in [0.05, 0.1) is 12.3 Å². The van der Waals surface area contributed by atoms with Gasteiger partial charge in [-0.05, 0) is 42.0 Å². The van der Waals surface area contributed by atoms with Crippen LogP contribution in [-0.2, 0) is 22.7 Å². The number of ether oxygens (including phenoxy) is 1. The van der Waals surface area contributed by atoms with Gasteiger partial charge in [0, 0.05) is 17.6 Å². The number of nitrogens with one attached hydrogen (secondary N) is 2. The van der Waals surface area contributed by atoms with Gasteiger partial charge in [0.2, 0.25) is 5.91 Å². The van der Waals surface area contributed by atoms with Gasteiger partial charge in [0.25, 0.3) is 5.91 Å². The highest BCUT2D eigenvalue weighted by atomic mass is 32.2. The van der Waals surface area contributed by atoms with E-state index in [1.807, 2.05) is 78.2 Å². The zero-order valence-corrected chi connectivity index (χ0v) is 22.0. The highest BCUT2D eigenvalue weighted by Crippen LogP contribution is 2.24. The number of benzene rings is 3. The van der Waals surface area contributed by atoms with Crippen molar-refractivity contribution in [3.05, 3.63) is 78.1 Å². The van der Waals surface area contributed by atoms with E-state index in [-0.39, 0.29) is 30.7 Å². The number of amides is 2. The standard InChI is InChI=1S/C28H31N5O3S/c1-4-33-25(16-29-26(34)17-36-22-14-12-20(13-15-22)19(2)3)31-32-28(33)37-18-27(35)30-24-11-7-9-21-8-5-6-10-23(21)24/h5-15,19H,4,16-18H2,1-3H3,(H,29,34)(H,30,35).